The van der Waals surface area contributed by atoms with Gasteiger partial charge in [0.15, 0.2) is 5.96 Å². The Bertz CT molecular complexity index is 685. The lowest BCUT2D eigenvalue weighted by molar-refractivity contribution is -0.127. The van der Waals surface area contributed by atoms with Crippen LogP contribution < -0.4 is 16.0 Å². The summed E-state index contributed by atoms with van der Waals surface area (Å²) in [5.74, 6) is 1.71. The van der Waals surface area contributed by atoms with E-state index < -0.39 is 0 Å². The molecule has 0 bridgehead atoms. The molecule has 166 valence electrons. The van der Waals surface area contributed by atoms with Crippen molar-refractivity contribution >= 4 is 11.9 Å². The Balaban J connectivity index is 1.46. The van der Waals surface area contributed by atoms with Crippen LogP contribution in [-0.4, -0.2) is 44.7 Å². The number of aryl methyl sites for hydroxylation is 1. The molecule has 0 spiro atoms. The number of guanidine groups is 1. The van der Waals surface area contributed by atoms with Gasteiger partial charge in [-0.3, -0.25) is 9.79 Å². The average Bonchev–Trinajstić information content (AvgIpc) is 2.71. The second-order valence-electron chi connectivity index (χ2n) is 8.52. The predicted octanol–water partition coefficient (Wildman–Crippen LogP) is 3.32. The molecule has 30 heavy (non-hydrogen) atoms. The van der Waals surface area contributed by atoms with Crippen molar-refractivity contribution in [2.75, 3.05) is 32.8 Å². The topological polar surface area (TPSA) is 74.8 Å². The summed E-state index contributed by atoms with van der Waals surface area (Å²) in [6, 6.07) is 8.68. The highest BCUT2D eigenvalue weighted by molar-refractivity contribution is 5.80. The Morgan fingerprint density at radius 1 is 1.07 bits per heavy atom. The van der Waals surface area contributed by atoms with Crippen LogP contribution in [0.2, 0.25) is 0 Å². The molecule has 1 saturated carbocycles. The number of benzene rings is 1. The Morgan fingerprint density at radius 3 is 2.53 bits per heavy atom. The van der Waals surface area contributed by atoms with Gasteiger partial charge in [-0.05, 0) is 51.5 Å². The molecule has 0 radical (unpaired) electrons. The van der Waals surface area contributed by atoms with E-state index in [2.05, 4.69) is 54.1 Å². The van der Waals surface area contributed by atoms with Gasteiger partial charge in [0.1, 0.15) is 0 Å². The zero-order chi connectivity index (χ0) is 21.2. The molecule has 0 aromatic heterocycles. The lowest BCUT2D eigenvalue weighted by Crippen LogP contribution is -2.40. The van der Waals surface area contributed by atoms with Gasteiger partial charge in [0.25, 0.3) is 0 Å². The van der Waals surface area contributed by atoms with Crippen LogP contribution in [0.25, 0.3) is 0 Å². The van der Waals surface area contributed by atoms with E-state index in [4.69, 9.17) is 9.73 Å². The first-order chi connectivity index (χ1) is 14.7. The van der Waals surface area contributed by atoms with Crippen LogP contribution >= 0.6 is 0 Å². The van der Waals surface area contributed by atoms with Crippen LogP contribution in [0.5, 0.6) is 0 Å². The number of hydrogen-bond donors (Lipinski definition) is 3. The number of nitrogens with one attached hydrogen (secondary N) is 3. The molecule has 3 N–H and O–H groups in total. The number of nitrogens with zero attached hydrogens (tertiary/aromatic N) is 1. The smallest absolute Gasteiger partial charge is 0.223 e. The van der Waals surface area contributed by atoms with E-state index in [-0.39, 0.29) is 17.9 Å². The fourth-order valence-corrected chi connectivity index (χ4v) is 4.03. The van der Waals surface area contributed by atoms with Crippen LogP contribution in [0.1, 0.15) is 62.7 Å². The largest absolute Gasteiger partial charge is 0.373 e. The molecule has 2 unspecified atom stereocenters. The Hall–Kier alpha value is -2.08. The highest BCUT2D eigenvalue weighted by Gasteiger charge is 2.27. The number of carbonyl (C=O) groups is 1. The van der Waals surface area contributed by atoms with Crippen LogP contribution in [0.4, 0.5) is 0 Å². The molecule has 1 aromatic rings. The summed E-state index contributed by atoms with van der Waals surface area (Å²) in [5, 5.41) is 9.78. The molecule has 2 atom stereocenters. The molecular weight excluding hydrogens is 376 g/mol. The van der Waals surface area contributed by atoms with Gasteiger partial charge in [-0.2, -0.15) is 0 Å². The Kier molecular flexibility index (Phi) is 9.00. The number of aliphatic imine (C=N–C) groups is 1. The van der Waals surface area contributed by atoms with Crippen molar-refractivity contribution in [2.45, 2.75) is 58.5 Å². The van der Waals surface area contributed by atoms with E-state index >= 15 is 0 Å². The van der Waals surface area contributed by atoms with Crippen molar-refractivity contribution in [3.63, 3.8) is 0 Å². The normalized spacial score (nSPS) is 22.3. The molecule has 6 nitrogen and oxygen atoms in total. The number of hydrogen-bond acceptors (Lipinski definition) is 3. The van der Waals surface area contributed by atoms with E-state index in [9.17, 15) is 4.79 Å². The molecule has 1 aromatic carbocycles. The highest BCUT2D eigenvalue weighted by Crippen LogP contribution is 2.34. The van der Waals surface area contributed by atoms with Crippen molar-refractivity contribution in [3.05, 3.63) is 35.4 Å². The minimum atomic E-state index is 0.118. The van der Waals surface area contributed by atoms with Gasteiger partial charge < -0.3 is 20.7 Å². The summed E-state index contributed by atoms with van der Waals surface area (Å²) in [5.41, 5.74) is 2.52. The van der Waals surface area contributed by atoms with Crippen molar-refractivity contribution in [1.29, 1.82) is 0 Å². The lowest BCUT2D eigenvalue weighted by atomic mass is 9.85. The molecule has 2 aliphatic rings. The zero-order valence-corrected chi connectivity index (χ0v) is 18.6. The quantitative estimate of drug-likeness (QED) is 0.329. The molecule has 2 fully saturated rings. The van der Waals surface area contributed by atoms with Crippen molar-refractivity contribution in [2.24, 2.45) is 16.8 Å². The first-order valence-corrected chi connectivity index (χ1v) is 11.7. The lowest BCUT2D eigenvalue weighted by Gasteiger charge is -2.31. The zero-order valence-electron chi connectivity index (χ0n) is 18.6. The van der Waals surface area contributed by atoms with E-state index in [1.807, 2.05) is 0 Å². The van der Waals surface area contributed by atoms with Gasteiger partial charge in [0.2, 0.25) is 5.91 Å². The molecule has 6 heteroatoms. The van der Waals surface area contributed by atoms with Crippen LogP contribution in [0.15, 0.2) is 29.3 Å². The van der Waals surface area contributed by atoms with Gasteiger partial charge in [-0.25, -0.2) is 0 Å². The standard InChI is InChI=1S/C24H38N4O2/c1-3-25-24(27-15-6-14-26-23(29)20-7-4-8-20)28-17-21-9-5-16-30-22(21)19-12-10-18(2)11-13-19/h10-13,20-22H,3-9,14-17H2,1-2H3,(H,26,29)(H2,25,27,28). The monoisotopic (exact) mass is 414 g/mol. The molecule has 1 amide bonds. The fraction of sp³-hybridized carbons (Fsp3) is 0.667. The maximum atomic E-state index is 11.9. The number of amides is 1. The minimum Gasteiger partial charge on any atom is -0.373 e. The van der Waals surface area contributed by atoms with Crippen molar-refractivity contribution < 1.29 is 9.53 Å². The van der Waals surface area contributed by atoms with Crippen LogP contribution in [-0.2, 0) is 9.53 Å². The number of ether oxygens (including phenoxy) is 1. The molecule has 1 aliphatic heterocycles. The van der Waals surface area contributed by atoms with Gasteiger partial charge >= 0.3 is 0 Å². The SMILES string of the molecule is CCNC(=NCC1CCCOC1c1ccc(C)cc1)NCCCNC(=O)C1CCC1. The summed E-state index contributed by atoms with van der Waals surface area (Å²) in [6.45, 7) is 8.09. The molecule has 1 saturated heterocycles. The molecular formula is C24H38N4O2. The minimum absolute atomic E-state index is 0.118. The molecule has 3 rings (SSSR count). The highest BCUT2D eigenvalue weighted by atomic mass is 16.5. The summed E-state index contributed by atoms with van der Waals surface area (Å²) < 4.78 is 6.13. The third kappa shape index (κ3) is 6.73. The second-order valence-corrected chi connectivity index (χ2v) is 8.52. The molecule has 1 aliphatic carbocycles. The third-order valence-corrected chi connectivity index (χ3v) is 6.10. The Labute approximate surface area is 181 Å². The summed E-state index contributed by atoms with van der Waals surface area (Å²) in [4.78, 5) is 16.7. The first kappa shape index (κ1) is 22.6. The van der Waals surface area contributed by atoms with Crippen LogP contribution in [0, 0.1) is 18.8 Å². The maximum Gasteiger partial charge on any atom is 0.223 e. The van der Waals surface area contributed by atoms with Crippen molar-refractivity contribution in [3.8, 4) is 0 Å². The van der Waals surface area contributed by atoms with Crippen molar-refractivity contribution in [1.82, 2.24) is 16.0 Å². The number of rotatable bonds is 9. The fourth-order valence-electron chi connectivity index (χ4n) is 4.03. The van der Waals surface area contributed by atoms with Gasteiger partial charge in [0, 0.05) is 44.6 Å². The third-order valence-electron chi connectivity index (χ3n) is 6.10. The van der Waals surface area contributed by atoms with E-state index in [1.54, 1.807) is 0 Å². The summed E-state index contributed by atoms with van der Waals surface area (Å²) in [6.07, 6.45) is 6.53. The number of carbonyl (C=O) groups excluding carboxylic acids is 1. The van der Waals surface area contributed by atoms with Crippen LogP contribution in [0.3, 0.4) is 0 Å². The summed E-state index contributed by atoms with van der Waals surface area (Å²) >= 11 is 0. The van der Waals surface area contributed by atoms with E-state index in [0.29, 0.717) is 12.5 Å². The van der Waals surface area contributed by atoms with E-state index in [1.165, 1.54) is 17.5 Å². The molecule has 1 heterocycles. The van der Waals surface area contributed by atoms with E-state index in [0.717, 1.165) is 64.3 Å². The Morgan fingerprint density at radius 2 is 1.83 bits per heavy atom. The predicted molar refractivity (Wildman–Crippen MR) is 122 cm³/mol. The van der Waals surface area contributed by atoms with Gasteiger partial charge in [0.05, 0.1) is 6.10 Å². The first-order valence-electron chi connectivity index (χ1n) is 11.7. The second kappa shape index (κ2) is 11.9. The van der Waals surface area contributed by atoms with Gasteiger partial charge in [-0.15, -0.1) is 0 Å². The summed E-state index contributed by atoms with van der Waals surface area (Å²) in [7, 11) is 0. The average molecular weight is 415 g/mol. The van der Waals surface area contributed by atoms with Gasteiger partial charge in [-0.1, -0.05) is 36.2 Å². The maximum absolute atomic E-state index is 11.9.